The molecule has 0 saturated carbocycles. The molecule has 0 bridgehead atoms. The topological polar surface area (TPSA) is 177 Å². The van der Waals surface area contributed by atoms with E-state index >= 15 is 0 Å². The highest BCUT2D eigenvalue weighted by atomic mass is 16.3. The van der Waals surface area contributed by atoms with Crippen molar-refractivity contribution in [2.45, 2.75) is 6.10 Å². The van der Waals surface area contributed by atoms with Crippen LogP contribution in [0.5, 0.6) is 0 Å². The fraction of sp³-hybridized carbons (Fsp3) is 1.00. The second kappa shape index (κ2) is 26.5. The van der Waals surface area contributed by atoms with Crippen molar-refractivity contribution in [1.29, 1.82) is 0 Å². The van der Waals surface area contributed by atoms with Crippen molar-refractivity contribution in [3.63, 3.8) is 0 Å². The number of hydrogen-bond donors (Lipinski definition) is 9. The number of nitrogens with one attached hydrogen (secondary N) is 1. The number of aliphatic hydroxyl groups excluding tert-OH is 8. The highest BCUT2D eigenvalue weighted by Gasteiger charge is 2.00. The Balaban J connectivity index is -0.000000272. The van der Waals surface area contributed by atoms with Gasteiger partial charge in [0.15, 0.2) is 0 Å². The maximum atomic E-state index is 8.48. The molecule has 0 saturated heterocycles. The van der Waals surface area contributed by atoms with Crippen molar-refractivity contribution < 1.29 is 40.9 Å². The summed E-state index contributed by atoms with van der Waals surface area (Å²) in [6, 6.07) is 0. The van der Waals surface area contributed by atoms with Gasteiger partial charge in [0.05, 0.1) is 46.2 Å². The van der Waals surface area contributed by atoms with E-state index in [1.165, 1.54) is 0 Å². The lowest BCUT2D eigenvalue weighted by Crippen LogP contribution is -2.32. The molecule has 0 fully saturated rings. The Kier molecular flexibility index (Phi) is 31.6. The Morgan fingerprint density at radius 2 is 0.957 bits per heavy atom. The third kappa shape index (κ3) is 30.1. The Hall–Kier alpha value is -0.400. The first-order valence-electron chi connectivity index (χ1n) is 7.44. The van der Waals surface area contributed by atoms with E-state index in [4.69, 9.17) is 40.9 Å². The van der Waals surface area contributed by atoms with E-state index in [0.717, 1.165) is 0 Å². The maximum absolute atomic E-state index is 8.48. The number of rotatable bonds is 12. The van der Waals surface area contributed by atoms with E-state index in [0.29, 0.717) is 32.7 Å². The average molecular weight is 346 g/mol. The van der Waals surface area contributed by atoms with Gasteiger partial charge in [-0.15, -0.1) is 0 Å². The number of nitrogens with zero attached hydrogens (tertiary/aromatic N) is 1. The molecule has 0 heterocycles. The van der Waals surface area contributed by atoms with Crippen molar-refractivity contribution in [1.82, 2.24) is 10.2 Å². The summed E-state index contributed by atoms with van der Waals surface area (Å²) in [4.78, 5) is 1.79. The molecular formula is C13H34N2O8. The van der Waals surface area contributed by atoms with Crippen LogP contribution in [0, 0.1) is 0 Å². The van der Waals surface area contributed by atoms with Crippen LogP contribution in [-0.4, -0.2) is 131 Å². The molecule has 23 heavy (non-hydrogen) atoms. The fourth-order valence-electron chi connectivity index (χ4n) is 1.10. The van der Waals surface area contributed by atoms with E-state index in [1.807, 2.05) is 0 Å². The summed E-state index contributed by atoms with van der Waals surface area (Å²) in [6.07, 6.45) is -0.954. The molecule has 0 aromatic heterocycles. The molecule has 10 nitrogen and oxygen atoms in total. The molecule has 0 aliphatic rings. The van der Waals surface area contributed by atoms with Crippen LogP contribution in [0.25, 0.3) is 0 Å². The van der Waals surface area contributed by atoms with Crippen LogP contribution >= 0.6 is 0 Å². The van der Waals surface area contributed by atoms with Crippen LogP contribution in [0.3, 0.4) is 0 Å². The number of hydrogen-bond acceptors (Lipinski definition) is 10. The molecule has 144 valence electrons. The molecule has 0 aromatic rings. The molecule has 0 radical (unpaired) electrons. The maximum Gasteiger partial charge on any atom is 0.100 e. The van der Waals surface area contributed by atoms with Crippen LogP contribution in [0.2, 0.25) is 0 Å². The van der Waals surface area contributed by atoms with Gasteiger partial charge in [-0.25, -0.2) is 0 Å². The van der Waals surface area contributed by atoms with Gasteiger partial charge in [-0.1, -0.05) is 0 Å². The lowest BCUT2D eigenvalue weighted by atomic mass is 10.4. The minimum Gasteiger partial charge on any atom is -0.395 e. The van der Waals surface area contributed by atoms with Gasteiger partial charge in [0.2, 0.25) is 0 Å². The van der Waals surface area contributed by atoms with Crippen molar-refractivity contribution in [2.24, 2.45) is 0 Å². The van der Waals surface area contributed by atoms with Crippen molar-refractivity contribution in [3.8, 4) is 0 Å². The Labute approximate surface area is 137 Å². The van der Waals surface area contributed by atoms with Crippen LogP contribution in [-0.2, 0) is 0 Å². The number of aliphatic hydroxyl groups is 8. The quantitative estimate of drug-likeness (QED) is 0.156. The summed E-state index contributed by atoms with van der Waals surface area (Å²) in [6.45, 7) is 2.44. The minimum atomic E-state index is -0.954. The van der Waals surface area contributed by atoms with Crippen LogP contribution in [0.4, 0.5) is 0 Å². The van der Waals surface area contributed by atoms with Gasteiger partial charge >= 0.3 is 0 Å². The highest BCUT2D eigenvalue weighted by Crippen LogP contribution is 1.84. The van der Waals surface area contributed by atoms with E-state index in [1.54, 1.807) is 4.90 Å². The normalized spacial score (nSPS) is 10.2. The summed E-state index contributed by atoms with van der Waals surface area (Å²) >= 11 is 0. The van der Waals surface area contributed by atoms with Crippen LogP contribution in [0.1, 0.15) is 0 Å². The molecular weight excluding hydrogens is 312 g/mol. The summed E-state index contributed by atoms with van der Waals surface area (Å²) in [5.74, 6) is 0. The highest BCUT2D eigenvalue weighted by molar-refractivity contribution is 4.54. The van der Waals surface area contributed by atoms with Gasteiger partial charge in [0.25, 0.3) is 0 Å². The molecule has 0 aromatic carbocycles. The molecule has 10 heteroatoms. The van der Waals surface area contributed by atoms with Crippen molar-refractivity contribution in [3.05, 3.63) is 0 Å². The molecule has 0 atom stereocenters. The van der Waals surface area contributed by atoms with Gasteiger partial charge in [-0.05, 0) is 0 Å². The molecule has 0 aliphatic heterocycles. The third-order valence-corrected chi connectivity index (χ3v) is 2.25. The zero-order chi connectivity index (χ0) is 18.3. The summed E-state index contributed by atoms with van der Waals surface area (Å²) in [7, 11) is 0. The first kappa shape index (κ1) is 27.4. The predicted molar refractivity (Wildman–Crippen MR) is 84.9 cm³/mol. The monoisotopic (exact) mass is 346 g/mol. The molecule has 0 spiro atoms. The van der Waals surface area contributed by atoms with E-state index in [-0.39, 0.29) is 46.2 Å². The standard InChI is InChI=1S/C6H15NO3.C4H11NO2.C3H8O3/c8-4-1-7(2-5-9)3-6-10;6-3-1-5-2-4-7;4-1-3(6)2-5/h8-10H,1-6H2;5-7H,1-4H2;3-6H,1-2H2. The van der Waals surface area contributed by atoms with Crippen molar-refractivity contribution in [2.75, 3.05) is 79.0 Å². The first-order chi connectivity index (χ1) is 11.1. The lowest BCUT2D eigenvalue weighted by Gasteiger charge is -2.17. The van der Waals surface area contributed by atoms with Gasteiger partial charge in [-0.3, -0.25) is 4.90 Å². The Morgan fingerprint density at radius 1 is 0.609 bits per heavy atom. The fourth-order valence-corrected chi connectivity index (χ4v) is 1.10. The summed E-state index contributed by atoms with van der Waals surface area (Å²) in [5.41, 5.74) is 0. The van der Waals surface area contributed by atoms with E-state index in [9.17, 15) is 0 Å². The van der Waals surface area contributed by atoms with Gasteiger partial charge < -0.3 is 46.2 Å². The Morgan fingerprint density at radius 3 is 1.13 bits per heavy atom. The predicted octanol–water partition coefficient (Wildman–Crippen LogP) is -4.84. The third-order valence-electron chi connectivity index (χ3n) is 2.25. The first-order valence-corrected chi connectivity index (χ1v) is 7.44. The molecule has 0 aliphatic carbocycles. The van der Waals surface area contributed by atoms with E-state index < -0.39 is 6.10 Å². The van der Waals surface area contributed by atoms with Gasteiger partial charge in [0.1, 0.15) is 6.10 Å². The SMILES string of the molecule is OCC(O)CO.OCCN(CCO)CCO.OCCNCCO. The van der Waals surface area contributed by atoms with Crippen molar-refractivity contribution >= 4 is 0 Å². The molecule has 0 unspecified atom stereocenters. The summed E-state index contributed by atoms with van der Waals surface area (Å²) in [5, 5.41) is 68.6. The molecule has 0 rings (SSSR count). The zero-order valence-corrected chi connectivity index (χ0v) is 13.6. The van der Waals surface area contributed by atoms with Gasteiger partial charge in [-0.2, -0.15) is 0 Å². The van der Waals surface area contributed by atoms with Gasteiger partial charge in [0, 0.05) is 32.7 Å². The summed E-state index contributed by atoms with van der Waals surface area (Å²) < 4.78 is 0. The minimum absolute atomic E-state index is 0.0694. The zero-order valence-electron chi connectivity index (χ0n) is 13.6. The Bertz CT molecular complexity index is 169. The van der Waals surface area contributed by atoms with E-state index in [2.05, 4.69) is 5.32 Å². The smallest absolute Gasteiger partial charge is 0.100 e. The second-order valence-corrected chi connectivity index (χ2v) is 4.23. The average Bonchev–Trinajstić information content (AvgIpc) is 2.56. The lowest BCUT2D eigenvalue weighted by molar-refractivity contribution is 0.0450. The molecule has 9 N–H and O–H groups in total. The largest absolute Gasteiger partial charge is 0.395 e. The second-order valence-electron chi connectivity index (χ2n) is 4.23. The van der Waals surface area contributed by atoms with Crippen LogP contribution < -0.4 is 5.32 Å². The van der Waals surface area contributed by atoms with Crippen LogP contribution in [0.15, 0.2) is 0 Å². The molecule has 0 amide bonds.